The molecule has 0 aliphatic heterocycles. The summed E-state index contributed by atoms with van der Waals surface area (Å²) < 4.78 is 5.59. The monoisotopic (exact) mass is 301 g/mol. The predicted molar refractivity (Wildman–Crippen MR) is 84.0 cm³/mol. The second kappa shape index (κ2) is 6.40. The number of nitrogen functional groups attached to an aromatic ring is 2. The fraction of sp³-hybridized carbons (Fsp3) is 0.267. The van der Waals surface area contributed by atoms with Crippen molar-refractivity contribution in [3.05, 3.63) is 35.5 Å². The molecule has 0 spiro atoms. The third kappa shape index (κ3) is 3.32. The lowest BCUT2D eigenvalue weighted by Crippen LogP contribution is -2.31. The molecule has 2 rings (SSSR count). The summed E-state index contributed by atoms with van der Waals surface area (Å²) in [6, 6.07) is 7.25. The summed E-state index contributed by atoms with van der Waals surface area (Å²) >= 11 is 0. The molecule has 1 aromatic carbocycles. The molecule has 1 heterocycles. The van der Waals surface area contributed by atoms with E-state index in [0.29, 0.717) is 17.0 Å². The average molecular weight is 301 g/mol. The van der Waals surface area contributed by atoms with Crippen molar-refractivity contribution >= 4 is 11.9 Å². The van der Waals surface area contributed by atoms with Gasteiger partial charge in [0.15, 0.2) is 0 Å². The van der Waals surface area contributed by atoms with E-state index in [2.05, 4.69) is 15.4 Å². The quantitative estimate of drug-likeness (QED) is 0.447. The van der Waals surface area contributed by atoms with E-state index in [-0.39, 0.29) is 12.1 Å². The van der Waals surface area contributed by atoms with Crippen molar-refractivity contribution < 1.29 is 9.53 Å². The number of benzene rings is 1. The van der Waals surface area contributed by atoms with Gasteiger partial charge in [-0.3, -0.25) is 10.2 Å². The molecule has 0 atom stereocenters. The second-order valence-corrected chi connectivity index (χ2v) is 5.06. The van der Waals surface area contributed by atoms with Crippen LogP contribution in [0.25, 0.3) is 11.3 Å². The van der Waals surface area contributed by atoms with Crippen molar-refractivity contribution in [3.8, 4) is 17.0 Å². The number of carbonyl (C=O) groups excluding carboxylic acids is 1. The molecule has 22 heavy (non-hydrogen) atoms. The number of aryl methyl sites for hydroxylation is 1. The van der Waals surface area contributed by atoms with Crippen LogP contribution < -0.4 is 21.7 Å². The van der Waals surface area contributed by atoms with Gasteiger partial charge in [-0.25, -0.2) is 15.8 Å². The van der Waals surface area contributed by atoms with Crippen LogP contribution in [0.4, 0.5) is 5.95 Å². The molecule has 1 aromatic heterocycles. The van der Waals surface area contributed by atoms with Crippen LogP contribution in [0.1, 0.15) is 29.9 Å². The van der Waals surface area contributed by atoms with Crippen molar-refractivity contribution in [2.24, 2.45) is 5.84 Å². The van der Waals surface area contributed by atoms with Crippen LogP contribution in [-0.4, -0.2) is 22.0 Å². The zero-order valence-electron chi connectivity index (χ0n) is 12.8. The van der Waals surface area contributed by atoms with Gasteiger partial charge in [-0.15, -0.1) is 0 Å². The van der Waals surface area contributed by atoms with E-state index in [1.54, 1.807) is 6.92 Å². The lowest BCUT2D eigenvalue weighted by atomic mass is 10.0. The molecule has 0 radical (unpaired) electrons. The number of rotatable bonds is 4. The molecule has 7 nitrogen and oxygen atoms in total. The maximum atomic E-state index is 12.0. The van der Waals surface area contributed by atoms with Crippen LogP contribution in [0.5, 0.6) is 5.75 Å². The SMILES string of the molecule is Cc1nc(N)nc(-c2ccc(OC(C)C)cc2)c1C(=O)NN. The Bertz CT molecular complexity index is 683. The molecule has 0 saturated carbocycles. The Morgan fingerprint density at radius 2 is 1.86 bits per heavy atom. The van der Waals surface area contributed by atoms with Gasteiger partial charge in [0.05, 0.1) is 23.1 Å². The normalized spacial score (nSPS) is 10.6. The highest BCUT2D eigenvalue weighted by Crippen LogP contribution is 2.26. The molecular weight excluding hydrogens is 282 g/mol. The third-order valence-electron chi connectivity index (χ3n) is 2.96. The van der Waals surface area contributed by atoms with E-state index in [9.17, 15) is 4.79 Å². The van der Waals surface area contributed by atoms with Gasteiger partial charge in [0.25, 0.3) is 5.91 Å². The Morgan fingerprint density at radius 3 is 2.41 bits per heavy atom. The van der Waals surface area contributed by atoms with Crippen molar-refractivity contribution in [1.82, 2.24) is 15.4 Å². The van der Waals surface area contributed by atoms with Crippen LogP contribution in [-0.2, 0) is 0 Å². The highest BCUT2D eigenvalue weighted by molar-refractivity contribution is 6.00. The molecular formula is C15H19N5O2. The first-order chi connectivity index (χ1) is 10.4. The lowest BCUT2D eigenvalue weighted by molar-refractivity contribution is 0.0953. The van der Waals surface area contributed by atoms with Crippen molar-refractivity contribution in [3.63, 3.8) is 0 Å². The molecule has 0 aliphatic rings. The molecule has 0 aliphatic carbocycles. The van der Waals surface area contributed by atoms with Crippen molar-refractivity contribution in [2.75, 3.05) is 5.73 Å². The minimum atomic E-state index is -0.463. The van der Waals surface area contributed by atoms with E-state index in [0.717, 1.165) is 11.3 Å². The van der Waals surface area contributed by atoms with Crippen LogP contribution in [0.2, 0.25) is 0 Å². The molecule has 0 unspecified atom stereocenters. The van der Waals surface area contributed by atoms with Gasteiger partial charge in [-0.2, -0.15) is 0 Å². The topological polar surface area (TPSA) is 116 Å². The van der Waals surface area contributed by atoms with Gasteiger partial charge >= 0.3 is 0 Å². The Labute approximate surface area is 128 Å². The van der Waals surface area contributed by atoms with Crippen LogP contribution in [0.3, 0.4) is 0 Å². The smallest absolute Gasteiger partial charge is 0.269 e. The van der Waals surface area contributed by atoms with E-state index >= 15 is 0 Å². The number of nitrogens with two attached hydrogens (primary N) is 2. The number of nitrogens with one attached hydrogen (secondary N) is 1. The highest BCUT2D eigenvalue weighted by atomic mass is 16.5. The maximum Gasteiger partial charge on any atom is 0.269 e. The second-order valence-electron chi connectivity index (χ2n) is 5.06. The van der Waals surface area contributed by atoms with E-state index in [1.807, 2.05) is 38.1 Å². The summed E-state index contributed by atoms with van der Waals surface area (Å²) in [7, 11) is 0. The summed E-state index contributed by atoms with van der Waals surface area (Å²) in [5.74, 6) is 5.61. The summed E-state index contributed by atoms with van der Waals surface area (Å²) in [5.41, 5.74) is 9.73. The minimum Gasteiger partial charge on any atom is -0.491 e. The van der Waals surface area contributed by atoms with E-state index < -0.39 is 5.91 Å². The first-order valence-corrected chi connectivity index (χ1v) is 6.84. The Balaban J connectivity index is 2.49. The van der Waals surface area contributed by atoms with Gasteiger partial charge in [0.1, 0.15) is 5.75 Å². The average Bonchev–Trinajstić information content (AvgIpc) is 2.46. The largest absolute Gasteiger partial charge is 0.491 e. The van der Waals surface area contributed by atoms with Crippen LogP contribution in [0.15, 0.2) is 24.3 Å². The fourth-order valence-electron chi connectivity index (χ4n) is 2.11. The first kappa shape index (κ1) is 15.7. The molecule has 7 heteroatoms. The van der Waals surface area contributed by atoms with Crippen molar-refractivity contribution in [1.29, 1.82) is 0 Å². The molecule has 116 valence electrons. The summed E-state index contributed by atoms with van der Waals surface area (Å²) in [6.07, 6.45) is 0.0846. The highest BCUT2D eigenvalue weighted by Gasteiger charge is 2.18. The number of hydrogen-bond donors (Lipinski definition) is 3. The summed E-state index contributed by atoms with van der Waals surface area (Å²) in [6.45, 7) is 5.58. The van der Waals surface area contributed by atoms with E-state index in [1.165, 1.54) is 0 Å². The first-order valence-electron chi connectivity index (χ1n) is 6.84. The van der Waals surface area contributed by atoms with Crippen LogP contribution >= 0.6 is 0 Å². The Morgan fingerprint density at radius 1 is 1.23 bits per heavy atom. The zero-order valence-corrected chi connectivity index (χ0v) is 12.8. The number of hydrogen-bond acceptors (Lipinski definition) is 6. The van der Waals surface area contributed by atoms with Gasteiger partial charge in [0, 0.05) is 5.56 Å². The fourth-order valence-corrected chi connectivity index (χ4v) is 2.11. The molecule has 0 bridgehead atoms. The maximum absolute atomic E-state index is 12.0. The summed E-state index contributed by atoms with van der Waals surface area (Å²) in [4.78, 5) is 20.2. The lowest BCUT2D eigenvalue weighted by Gasteiger charge is -2.13. The molecule has 5 N–H and O–H groups in total. The molecule has 0 saturated heterocycles. The van der Waals surface area contributed by atoms with E-state index in [4.69, 9.17) is 16.3 Å². The number of nitrogens with zero attached hydrogens (tertiary/aromatic N) is 2. The number of anilines is 1. The standard InChI is InChI=1S/C15H19N5O2/c1-8(2)22-11-6-4-10(5-7-11)13-12(14(21)20-17)9(3)18-15(16)19-13/h4-8H,17H2,1-3H3,(H,20,21)(H2,16,18,19). The van der Waals surface area contributed by atoms with Gasteiger partial charge in [-0.05, 0) is 45.0 Å². The zero-order chi connectivity index (χ0) is 16.3. The predicted octanol–water partition coefficient (Wildman–Crippen LogP) is 1.42. The molecule has 2 aromatic rings. The summed E-state index contributed by atoms with van der Waals surface area (Å²) in [5, 5.41) is 0. The van der Waals surface area contributed by atoms with Crippen molar-refractivity contribution in [2.45, 2.75) is 26.9 Å². The van der Waals surface area contributed by atoms with Crippen LogP contribution in [0, 0.1) is 6.92 Å². The number of ether oxygens (including phenoxy) is 1. The Hall–Kier alpha value is -2.67. The van der Waals surface area contributed by atoms with Gasteiger partial charge in [-0.1, -0.05) is 0 Å². The number of hydrazine groups is 1. The third-order valence-corrected chi connectivity index (χ3v) is 2.96. The van der Waals surface area contributed by atoms with Gasteiger partial charge in [0.2, 0.25) is 5.95 Å². The Kier molecular flexibility index (Phi) is 4.57. The number of aromatic nitrogens is 2. The van der Waals surface area contributed by atoms with Gasteiger partial charge < -0.3 is 10.5 Å². The minimum absolute atomic E-state index is 0.0846. The molecule has 1 amide bonds. The number of carbonyl (C=O) groups is 1. The molecule has 0 fully saturated rings. The number of amides is 1.